The lowest BCUT2D eigenvalue weighted by molar-refractivity contribution is -0.119. The van der Waals surface area contributed by atoms with Gasteiger partial charge in [-0.1, -0.05) is 23.4 Å². The lowest BCUT2D eigenvalue weighted by Crippen LogP contribution is -2.39. The smallest absolute Gasteiger partial charge is 0.277 e. The molecule has 4 rings (SSSR count). The highest BCUT2D eigenvalue weighted by atomic mass is 35.5. The molecule has 0 aliphatic heterocycles. The Balaban J connectivity index is 1.21. The molecular formula is C18H20ClN3O3S. The molecule has 2 aliphatic rings. The maximum atomic E-state index is 12.2. The molecule has 6 nitrogen and oxygen atoms in total. The first kappa shape index (κ1) is 17.7. The van der Waals surface area contributed by atoms with Crippen LogP contribution in [0.25, 0.3) is 0 Å². The predicted molar refractivity (Wildman–Crippen MR) is 98.2 cm³/mol. The predicted octanol–water partition coefficient (Wildman–Crippen LogP) is 3.70. The van der Waals surface area contributed by atoms with Crippen LogP contribution < -0.4 is 10.1 Å². The SMILES string of the molecule is O=C(CSc1nnc(COc2ccc(Cl)cc2)o1)NC(C1CC1)C1CC1. The number of amides is 1. The molecule has 2 saturated carbocycles. The van der Waals surface area contributed by atoms with Crippen molar-refractivity contribution in [3.8, 4) is 5.75 Å². The number of hydrogen-bond donors (Lipinski definition) is 1. The molecule has 1 aromatic carbocycles. The van der Waals surface area contributed by atoms with Gasteiger partial charge in [-0.3, -0.25) is 4.79 Å². The van der Waals surface area contributed by atoms with Gasteiger partial charge in [-0.2, -0.15) is 0 Å². The number of halogens is 1. The van der Waals surface area contributed by atoms with Crippen LogP contribution in [0.2, 0.25) is 5.02 Å². The summed E-state index contributed by atoms with van der Waals surface area (Å²) in [4.78, 5) is 12.2. The average molecular weight is 394 g/mol. The van der Waals surface area contributed by atoms with Crippen LogP contribution in [0, 0.1) is 11.8 Å². The number of nitrogens with zero attached hydrogens (tertiary/aromatic N) is 2. The molecule has 2 aliphatic carbocycles. The summed E-state index contributed by atoms with van der Waals surface area (Å²) in [5.41, 5.74) is 0. The zero-order valence-corrected chi connectivity index (χ0v) is 15.8. The van der Waals surface area contributed by atoms with Crippen LogP contribution >= 0.6 is 23.4 Å². The zero-order valence-electron chi connectivity index (χ0n) is 14.2. The Morgan fingerprint density at radius 2 is 1.92 bits per heavy atom. The average Bonchev–Trinajstić information content (AvgIpc) is 3.56. The lowest BCUT2D eigenvalue weighted by atomic mass is 10.1. The van der Waals surface area contributed by atoms with E-state index in [2.05, 4.69) is 15.5 Å². The van der Waals surface area contributed by atoms with Crippen molar-refractivity contribution in [1.29, 1.82) is 0 Å². The van der Waals surface area contributed by atoms with Crippen molar-refractivity contribution >= 4 is 29.3 Å². The number of thioether (sulfide) groups is 1. The highest BCUT2D eigenvalue weighted by Crippen LogP contribution is 2.44. The first-order chi connectivity index (χ1) is 12.7. The van der Waals surface area contributed by atoms with E-state index >= 15 is 0 Å². The molecule has 0 bridgehead atoms. The number of aromatic nitrogens is 2. The van der Waals surface area contributed by atoms with Gasteiger partial charge in [0, 0.05) is 11.1 Å². The van der Waals surface area contributed by atoms with Crippen LogP contribution in [0.4, 0.5) is 0 Å². The van der Waals surface area contributed by atoms with E-state index in [0.29, 0.717) is 39.8 Å². The first-order valence-corrected chi connectivity index (χ1v) is 10.2. The van der Waals surface area contributed by atoms with E-state index in [-0.39, 0.29) is 18.3 Å². The maximum Gasteiger partial charge on any atom is 0.277 e. The third kappa shape index (κ3) is 4.92. The van der Waals surface area contributed by atoms with Crippen LogP contribution in [0.15, 0.2) is 33.9 Å². The molecule has 1 heterocycles. The van der Waals surface area contributed by atoms with E-state index in [0.717, 1.165) is 0 Å². The fourth-order valence-corrected chi connectivity index (χ4v) is 3.63. The van der Waals surface area contributed by atoms with Gasteiger partial charge in [-0.15, -0.1) is 10.2 Å². The fraction of sp³-hybridized carbons (Fsp3) is 0.500. The molecule has 8 heteroatoms. The molecular weight excluding hydrogens is 374 g/mol. The van der Waals surface area contributed by atoms with Crippen molar-refractivity contribution in [2.45, 2.75) is 43.6 Å². The number of ether oxygens (including phenoxy) is 1. The van der Waals surface area contributed by atoms with Gasteiger partial charge in [0.1, 0.15) is 5.75 Å². The number of carbonyl (C=O) groups is 1. The van der Waals surface area contributed by atoms with Gasteiger partial charge in [-0.25, -0.2) is 0 Å². The van der Waals surface area contributed by atoms with Crippen LogP contribution in [-0.2, 0) is 11.4 Å². The summed E-state index contributed by atoms with van der Waals surface area (Å²) < 4.78 is 11.1. The Bertz CT molecular complexity index is 747. The highest BCUT2D eigenvalue weighted by Gasteiger charge is 2.42. The second kappa shape index (κ2) is 7.88. The molecule has 2 fully saturated rings. The van der Waals surface area contributed by atoms with Gasteiger partial charge >= 0.3 is 0 Å². The third-order valence-electron chi connectivity index (χ3n) is 4.54. The minimum atomic E-state index is 0.0379. The lowest BCUT2D eigenvalue weighted by Gasteiger charge is -2.17. The number of carbonyl (C=O) groups excluding carboxylic acids is 1. The van der Waals surface area contributed by atoms with Crippen molar-refractivity contribution in [3.63, 3.8) is 0 Å². The quantitative estimate of drug-likeness (QED) is 0.654. The minimum absolute atomic E-state index is 0.0379. The van der Waals surface area contributed by atoms with Crippen molar-refractivity contribution in [2.24, 2.45) is 11.8 Å². The largest absolute Gasteiger partial charge is 0.484 e. The van der Waals surface area contributed by atoms with E-state index in [1.807, 2.05) is 0 Å². The van der Waals surface area contributed by atoms with Crippen molar-refractivity contribution in [1.82, 2.24) is 15.5 Å². The molecule has 0 spiro atoms. The summed E-state index contributed by atoms with van der Waals surface area (Å²) in [6.45, 7) is 0.173. The van der Waals surface area contributed by atoms with Gasteiger partial charge in [0.25, 0.3) is 11.1 Å². The molecule has 1 N–H and O–H groups in total. The molecule has 0 radical (unpaired) electrons. The molecule has 1 aromatic heterocycles. The molecule has 138 valence electrons. The second-order valence-electron chi connectivity index (χ2n) is 6.76. The van der Waals surface area contributed by atoms with E-state index < -0.39 is 0 Å². The number of rotatable bonds is 9. The number of hydrogen-bond acceptors (Lipinski definition) is 6. The molecule has 26 heavy (non-hydrogen) atoms. The van der Waals surface area contributed by atoms with Crippen LogP contribution in [0.5, 0.6) is 5.75 Å². The van der Waals surface area contributed by atoms with Crippen LogP contribution in [-0.4, -0.2) is 27.9 Å². The van der Waals surface area contributed by atoms with Gasteiger partial charge < -0.3 is 14.5 Å². The molecule has 0 saturated heterocycles. The molecule has 0 unspecified atom stereocenters. The zero-order chi connectivity index (χ0) is 17.9. The summed E-state index contributed by atoms with van der Waals surface area (Å²) in [5.74, 6) is 2.75. The van der Waals surface area contributed by atoms with E-state index in [1.165, 1.54) is 37.4 Å². The van der Waals surface area contributed by atoms with E-state index in [4.69, 9.17) is 20.8 Å². The van der Waals surface area contributed by atoms with Gasteiger partial charge in [0.2, 0.25) is 5.91 Å². The summed E-state index contributed by atoms with van der Waals surface area (Å²) in [6, 6.07) is 7.42. The van der Waals surface area contributed by atoms with Crippen molar-refractivity contribution < 1.29 is 13.9 Å². The number of benzene rings is 1. The topological polar surface area (TPSA) is 77.2 Å². The summed E-state index contributed by atoms with van der Waals surface area (Å²) in [6.07, 6.45) is 4.98. The van der Waals surface area contributed by atoms with E-state index in [9.17, 15) is 4.79 Å². The van der Waals surface area contributed by atoms with Gasteiger partial charge in [0.15, 0.2) is 6.61 Å². The number of nitrogens with one attached hydrogen (secondary N) is 1. The van der Waals surface area contributed by atoms with E-state index in [1.54, 1.807) is 24.3 Å². The van der Waals surface area contributed by atoms with Crippen molar-refractivity contribution in [3.05, 3.63) is 35.2 Å². The Morgan fingerprint density at radius 3 is 2.58 bits per heavy atom. The molecule has 0 atom stereocenters. The Hall–Kier alpha value is -1.73. The standard InChI is InChI=1S/C18H20ClN3O3S/c19-13-5-7-14(8-6-13)24-9-16-21-22-18(25-16)26-10-15(23)20-17(11-1-2-11)12-3-4-12/h5-8,11-12,17H,1-4,9-10H2,(H,20,23). The van der Waals surface area contributed by atoms with Crippen molar-refractivity contribution in [2.75, 3.05) is 5.75 Å². The Morgan fingerprint density at radius 1 is 1.23 bits per heavy atom. The normalized spacial score (nSPS) is 16.7. The molecule has 2 aromatic rings. The highest BCUT2D eigenvalue weighted by molar-refractivity contribution is 7.99. The van der Waals surface area contributed by atoms with Gasteiger partial charge in [-0.05, 0) is 61.8 Å². The fourth-order valence-electron chi connectivity index (χ4n) is 2.92. The summed E-state index contributed by atoms with van der Waals surface area (Å²) >= 11 is 7.09. The maximum absolute atomic E-state index is 12.2. The second-order valence-corrected chi connectivity index (χ2v) is 8.12. The summed E-state index contributed by atoms with van der Waals surface area (Å²) in [5, 5.41) is 12.1. The Kier molecular flexibility index (Phi) is 5.36. The molecule has 1 amide bonds. The van der Waals surface area contributed by atoms with Gasteiger partial charge in [0.05, 0.1) is 5.75 Å². The van der Waals surface area contributed by atoms with Crippen LogP contribution in [0.3, 0.4) is 0 Å². The third-order valence-corrected chi connectivity index (χ3v) is 5.61. The summed E-state index contributed by atoms with van der Waals surface area (Å²) in [7, 11) is 0. The van der Waals surface area contributed by atoms with Crippen LogP contribution in [0.1, 0.15) is 31.6 Å². The monoisotopic (exact) mass is 393 g/mol. The minimum Gasteiger partial charge on any atom is -0.484 e. The Labute approximate surface area is 161 Å². The first-order valence-electron chi connectivity index (χ1n) is 8.80.